The SMILES string of the molecule is CCNC(=NCc1nnc2n1CCCC2)NCC(C)Oc1ccc(F)cc1. The number of ether oxygens (including phenoxy) is 1. The van der Waals surface area contributed by atoms with E-state index in [1.54, 1.807) is 12.1 Å². The van der Waals surface area contributed by atoms with E-state index in [4.69, 9.17) is 4.74 Å². The van der Waals surface area contributed by atoms with Crippen LogP contribution in [0.1, 0.15) is 38.3 Å². The Morgan fingerprint density at radius 2 is 2.07 bits per heavy atom. The highest BCUT2D eigenvalue weighted by Crippen LogP contribution is 2.15. The van der Waals surface area contributed by atoms with Crippen molar-refractivity contribution in [2.24, 2.45) is 4.99 Å². The van der Waals surface area contributed by atoms with E-state index in [0.717, 1.165) is 37.6 Å². The summed E-state index contributed by atoms with van der Waals surface area (Å²) < 4.78 is 20.9. The number of nitrogens with zero attached hydrogens (tertiary/aromatic N) is 4. The van der Waals surface area contributed by atoms with Crippen LogP contribution in [-0.2, 0) is 19.5 Å². The maximum Gasteiger partial charge on any atom is 0.191 e. The minimum Gasteiger partial charge on any atom is -0.489 e. The molecular weight excluding hydrogens is 347 g/mol. The van der Waals surface area contributed by atoms with Crippen molar-refractivity contribution >= 4 is 5.96 Å². The molecular formula is C19H27FN6O. The minimum absolute atomic E-state index is 0.0971. The van der Waals surface area contributed by atoms with Crippen LogP contribution in [0.2, 0.25) is 0 Å². The quantitative estimate of drug-likeness (QED) is 0.574. The summed E-state index contributed by atoms with van der Waals surface area (Å²) in [6.07, 6.45) is 3.24. The van der Waals surface area contributed by atoms with Gasteiger partial charge in [0.05, 0.1) is 6.54 Å². The second-order valence-corrected chi connectivity index (χ2v) is 6.60. The highest BCUT2D eigenvalue weighted by Gasteiger charge is 2.15. The molecule has 2 N–H and O–H groups in total. The molecule has 0 saturated carbocycles. The van der Waals surface area contributed by atoms with Crippen LogP contribution < -0.4 is 15.4 Å². The molecule has 0 saturated heterocycles. The molecule has 0 radical (unpaired) electrons. The van der Waals surface area contributed by atoms with Crippen LogP contribution in [0, 0.1) is 5.82 Å². The average Bonchev–Trinajstić information content (AvgIpc) is 3.09. The van der Waals surface area contributed by atoms with E-state index in [9.17, 15) is 4.39 Å². The van der Waals surface area contributed by atoms with Crippen LogP contribution in [0.25, 0.3) is 0 Å². The van der Waals surface area contributed by atoms with Gasteiger partial charge in [0.25, 0.3) is 0 Å². The molecule has 1 aliphatic rings. The molecule has 2 heterocycles. The summed E-state index contributed by atoms with van der Waals surface area (Å²) in [6, 6.07) is 6.03. The topological polar surface area (TPSA) is 76.4 Å². The number of aryl methyl sites for hydroxylation is 1. The van der Waals surface area contributed by atoms with Crippen molar-refractivity contribution in [3.63, 3.8) is 0 Å². The van der Waals surface area contributed by atoms with Crippen molar-refractivity contribution in [1.29, 1.82) is 0 Å². The average molecular weight is 374 g/mol. The predicted molar refractivity (Wildman–Crippen MR) is 102 cm³/mol. The Kier molecular flexibility index (Phi) is 6.62. The number of guanidine groups is 1. The molecule has 0 fully saturated rings. The first-order valence-corrected chi connectivity index (χ1v) is 9.51. The van der Waals surface area contributed by atoms with Crippen molar-refractivity contribution in [3.8, 4) is 5.75 Å². The Morgan fingerprint density at radius 1 is 1.26 bits per heavy atom. The Bertz CT molecular complexity index is 758. The van der Waals surface area contributed by atoms with Crippen molar-refractivity contribution in [3.05, 3.63) is 41.7 Å². The molecule has 1 atom stereocenters. The number of hydrogen-bond donors (Lipinski definition) is 2. The van der Waals surface area contributed by atoms with Gasteiger partial charge in [0.15, 0.2) is 11.8 Å². The number of nitrogens with one attached hydrogen (secondary N) is 2. The maximum atomic E-state index is 13.0. The zero-order valence-corrected chi connectivity index (χ0v) is 15.9. The number of fused-ring (bicyclic) bond motifs is 1. The predicted octanol–water partition coefficient (Wildman–Crippen LogP) is 2.28. The van der Waals surface area contributed by atoms with E-state index >= 15 is 0 Å². The summed E-state index contributed by atoms with van der Waals surface area (Å²) >= 11 is 0. The van der Waals surface area contributed by atoms with Crippen LogP contribution in [0.5, 0.6) is 5.75 Å². The summed E-state index contributed by atoms with van der Waals surface area (Å²) in [4.78, 5) is 4.62. The third-order valence-electron chi connectivity index (χ3n) is 4.37. The zero-order chi connectivity index (χ0) is 19.1. The maximum absolute atomic E-state index is 13.0. The third-order valence-corrected chi connectivity index (χ3v) is 4.37. The van der Waals surface area contributed by atoms with Crippen LogP contribution >= 0.6 is 0 Å². The molecule has 1 aromatic heterocycles. The molecule has 0 bridgehead atoms. The fourth-order valence-corrected chi connectivity index (χ4v) is 3.00. The summed E-state index contributed by atoms with van der Waals surface area (Å²) in [5, 5.41) is 15.1. The van der Waals surface area contributed by atoms with E-state index in [2.05, 4.69) is 30.4 Å². The smallest absolute Gasteiger partial charge is 0.191 e. The molecule has 0 spiro atoms. The normalized spacial score (nSPS) is 15.1. The molecule has 1 unspecified atom stereocenters. The molecule has 1 aromatic carbocycles. The second-order valence-electron chi connectivity index (χ2n) is 6.60. The zero-order valence-electron chi connectivity index (χ0n) is 15.9. The van der Waals surface area contributed by atoms with Crippen LogP contribution in [-0.4, -0.2) is 39.9 Å². The second kappa shape index (κ2) is 9.34. The lowest BCUT2D eigenvalue weighted by atomic mass is 10.2. The van der Waals surface area contributed by atoms with Gasteiger partial charge in [0.1, 0.15) is 30.0 Å². The Hall–Kier alpha value is -2.64. The molecule has 146 valence electrons. The third kappa shape index (κ3) is 5.42. The number of aromatic nitrogens is 3. The Balaban J connectivity index is 1.54. The van der Waals surface area contributed by atoms with Gasteiger partial charge in [0.2, 0.25) is 0 Å². The van der Waals surface area contributed by atoms with E-state index in [1.807, 2.05) is 13.8 Å². The largest absolute Gasteiger partial charge is 0.489 e. The van der Waals surface area contributed by atoms with Gasteiger partial charge < -0.3 is 19.9 Å². The van der Waals surface area contributed by atoms with Gasteiger partial charge in [-0.1, -0.05) is 0 Å². The van der Waals surface area contributed by atoms with Gasteiger partial charge in [-0.2, -0.15) is 0 Å². The fraction of sp³-hybridized carbons (Fsp3) is 0.526. The Morgan fingerprint density at radius 3 is 2.85 bits per heavy atom. The highest BCUT2D eigenvalue weighted by molar-refractivity contribution is 5.79. The van der Waals surface area contributed by atoms with Crippen molar-refractivity contribution in [1.82, 2.24) is 25.4 Å². The van der Waals surface area contributed by atoms with Gasteiger partial charge >= 0.3 is 0 Å². The van der Waals surface area contributed by atoms with E-state index < -0.39 is 0 Å². The molecule has 8 heteroatoms. The van der Waals surface area contributed by atoms with Crippen LogP contribution in [0.4, 0.5) is 4.39 Å². The van der Waals surface area contributed by atoms with Gasteiger partial charge in [-0.05, 0) is 51.0 Å². The summed E-state index contributed by atoms with van der Waals surface area (Å²) in [6.45, 7) is 6.76. The van der Waals surface area contributed by atoms with Crippen molar-refractivity contribution in [2.45, 2.75) is 52.3 Å². The Labute approximate surface area is 159 Å². The highest BCUT2D eigenvalue weighted by atomic mass is 19.1. The number of rotatable bonds is 7. The number of aliphatic imine (C=N–C) groups is 1. The van der Waals surface area contributed by atoms with E-state index in [-0.39, 0.29) is 11.9 Å². The van der Waals surface area contributed by atoms with E-state index in [0.29, 0.717) is 24.8 Å². The molecule has 0 amide bonds. The fourth-order valence-electron chi connectivity index (χ4n) is 3.00. The lowest BCUT2D eigenvalue weighted by molar-refractivity contribution is 0.223. The monoisotopic (exact) mass is 374 g/mol. The summed E-state index contributed by atoms with van der Waals surface area (Å²) in [5.41, 5.74) is 0. The molecule has 1 aliphatic heterocycles. The summed E-state index contributed by atoms with van der Waals surface area (Å²) in [5.74, 6) is 3.04. The van der Waals surface area contributed by atoms with Gasteiger partial charge in [-0.25, -0.2) is 9.38 Å². The lowest BCUT2D eigenvalue weighted by Gasteiger charge is -2.18. The first-order valence-electron chi connectivity index (χ1n) is 9.51. The first kappa shape index (κ1) is 19.1. The van der Waals surface area contributed by atoms with Crippen LogP contribution in [0.15, 0.2) is 29.3 Å². The van der Waals surface area contributed by atoms with E-state index in [1.165, 1.54) is 18.6 Å². The van der Waals surface area contributed by atoms with Crippen LogP contribution in [0.3, 0.4) is 0 Å². The summed E-state index contributed by atoms with van der Waals surface area (Å²) in [7, 11) is 0. The number of halogens is 1. The van der Waals surface area contributed by atoms with Crippen molar-refractivity contribution in [2.75, 3.05) is 13.1 Å². The molecule has 27 heavy (non-hydrogen) atoms. The standard InChI is InChI=1S/C19H27FN6O/c1-3-21-19(22-12-14(2)27-16-9-7-15(20)8-10-16)23-13-18-25-24-17-6-4-5-11-26(17)18/h7-10,14H,3-6,11-13H2,1-2H3,(H2,21,22,23). The number of hydrogen-bond acceptors (Lipinski definition) is 4. The lowest BCUT2D eigenvalue weighted by Crippen LogP contribution is -2.41. The minimum atomic E-state index is -0.273. The van der Waals surface area contributed by atoms with Crippen molar-refractivity contribution < 1.29 is 9.13 Å². The van der Waals surface area contributed by atoms with Gasteiger partial charge in [-0.3, -0.25) is 0 Å². The van der Waals surface area contributed by atoms with Gasteiger partial charge in [0, 0.05) is 19.5 Å². The first-order chi connectivity index (χ1) is 13.2. The molecule has 2 aromatic rings. The molecule has 7 nitrogen and oxygen atoms in total. The number of benzene rings is 1. The molecule has 0 aliphatic carbocycles. The molecule has 3 rings (SSSR count). The van der Waals surface area contributed by atoms with Gasteiger partial charge in [-0.15, -0.1) is 10.2 Å².